The van der Waals surface area contributed by atoms with Gasteiger partial charge in [-0.15, -0.1) is 0 Å². The second kappa shape index (κ2) is 7.44. The molecule has 3 saturated heterocycles. The van der Waals surface area contributed by atoms with Crippen molar-refractivity contribution in [2.75, 3.05) is 59.6 Å². The third kappa shape index (κ3) is 4.22. The van der Waals surface area contributed by atoms with Gasteiger partial charge in [-0.25, -0.2) is 8.42 Å². The molecule has 7 heteroatoms. The van der Waals surface area contributed by atoms with Crippen molar-refractivity contribution in [3.8, 4) is 0 Å². The van der Waals surface area contributed by atoms with E-state index in [1.807, 2.05) is 12.1 Å². The van der Waals surface area contributed by atoms with Gasteiger partial charge in [0, 0.05) is 45.0 Å². The Balaban J connectivity index is 1.45. The average Bonchev–Trinajstić information content (AvgIpc) is 3.04. The highest BCUT2D eigenvalue weighted by Gasteiger charge is 2.40. The number of likely N-dealkylation sites (tertiary alicyclic amines) is 2. The number of likely N-dealkylation sites (N-methyl/N-ethyl adjacent to an activating group) is 1. The highest BCUT2D eigenvalue weighted by Crippen LogP contribution is 2.32. The van der Waals surface area contributed by atoms with E-state index in [1.165, 1.54) is 38.9 Å². The van der Waals surface area contributed by atoms with Crippen molar-refractivity contribution in [1.82, 2.24) is 20.0 Å². The molecule has 0 bridgehead atoms. The fourth-order valence-corrected chi connectivity index (χ4v) is 5.66. The van der Waals surface area contributed by atoms with E-state index in [1.54, 1.807) is 12.1 Å². The number of piperazine rings is 1. The lowest BCUT2D eigenvalue weighted by molar-refractivity contribution is 0.0852. The molecule has 6 nitrogen and oxygen atoms in total. The smallest absolute Gasteiger partial charge is 0.175 e. The summed E-state index contributed by atoms with van der Waals surface area (Å²) in [6.45, 7) is 6.80. The minimum absolute atomic E-state index is 0.229. The van der Waals surface area contributed by atoms with Gasteiger partial charge >= 0.3 is 0 Å². The SMILES string of the molecule is CN1CCC2CN(C3CN(C)CC(c4ccc(S(C)(=O)=O)cc4)N3)CC2C1. The van der Waals surface area contributed by atoms with Crippen LogP contribution in [0.1, 0.15) is 18.0 Å². The number of nitrogens with zero attached hydrogens (tertiary/aromatic N) is 3. The maximum atomic E-state index is 11.7. The molecule has 0 aromatic heterocycles. The maximum Gasteiger partial charge on any atom is 0.175 e. The van der Waals surface area contributed by atoms with Gasteiger partial charge in [-0.2, -0.15) is 0 Å². The first-order valence-corrected chi connectivity index (χ1v) is 11.9. The summed E-state index contributed by atoms with van der Waals surface area (Å²) < 4.78 is 23.4. The highest BCUT2D eigenvalue weighted by atomic mass is 32.2. The summed E-state index contributed by atoms with van der Waals surface area (Å²) in [6, 6.07) is 7.62. The van der Waals surface area contributed by atoms with E-state index in [-0.39, 0.29) is 6.04 Å². The first kappa shape index (κ1) is 19.3. The van der Waals surface area contributed by atoms with Crippen LogP contribution in [-0.2, 0) is 9.84 Å². The van der Waals surface area contributed by atoms with Gasteiger partial charge in [0.25, 0.3) is 0 Å². The van der Waals surface area contributed by atoms with Crippen LogP contribution in [0, 0.1) is 11.8 Å². The summed E-state index contributed by atoms with van der Waals surface area (Å²) in [4.78, 5) is 7.89. The lowest BCUT2D eigenvalue weighted by atomic mass is 9.89. The Labute approximate surface area is 163 Å². The summed E-state index contributed by atoms with van der Waals surface area (Å²) in [5.74, 6) is 1.63. The van der Waals surface area contributed by atoms with Gasteiger partial charge in [0.15, 0.2) is 9.84 Å². The van der Waals surface area contributed by atoms with Crippen LogP contribution in [0.15, 0.2) is 29.2 Å². The predicted molar refractivity (Wildman–Crippen MR) is 107 cm³/mol. The monoisotopic (exact) mass is 392 g/mol. The van der Waals surface area contributed by atoms with Crippen LogP contribution in [0.3, 0.4) is 0 Å². The van der Waals surface area contributed by atoms with Gasteiger partial charge in [0.2, 0.25) is 0 Å². The number of hydrogen-bond donors (Lipinski definition) is 1. The molecule has 3 aliphatic rings. The first-order chi connectivity index (χ1) is 12.8. The lowest BCUT2D eigenvalue weighted by Gasteiger charge is -2.41. The number of benzene rings is 1. The van der Waals surface area contributed by atoms with Gasteiger partial charge in [0.05, 0.1) is 11.1 Å². The van der Waals surface area contributed by atoms with Crippen molar-refractivity contribution in [3.05, 3.63) is 29.8 Å². The molecule has 1 aromatic rings. The Bertz CT molecular complexity index is 767. The Kier molecular flexibility index (Phi) is 5.33. The molecule has 150 valence electrons. The Hall–Kier alpha value is -0.990. The quantitative estimate of drug-likeness (QED) is 0.824. The van der Waals surface area contributed by atoms with Crippen LogP contribution in [0.2, 0.25) is 0 Å². The summed E-state index contributed by atoms with van der Waals surface area (Å²) in [7, 11) is 1.28. The van der Waals surface area contributed by atoms with Crippen molar-refractivity contribution < 1.29 is 8.42 Å². The molecular formula is C20H32N4O2S. The number of nitrogens with one attached hydrogen (secondary N) is 1. The molecule has 3 fully saturated rings. The molecular weight excluding hydrogens is 360 g/mol. The lowest BCUT2D eigenvalue weighted by Crippen LogP contribution is -2.58. The van der Waals surface area contributed by atoms with Gasteiger partial charge in [-0.05, 0) is 56.6 Å². The van der Waals surface area contributed by atoms with Crippen molar-refractivity contribution >= 4 is 9.84 Å². The van der Waals surface area contributed by atoms with E-state index in [4.69, 9.17) is 0 Å². The number of rotatable bonds is 3. The van der Waals surface area contributed by atoms with Crippen LogP contribution >= 0.6 is 0 Å². The Morgan fingerprint density at radius 2 is 1.63 bits per heavy atom. The zero-order valence-electron chi connectivity index (χ0n) is 16.6. The number of sulfone groups is 1. The number of fused-ring (bicyclic) bond motifs is 1. The zero-order valence-corrected chi connectivity index (χ0v) is 17.5. The third-order valence-electron chi connectivity index (χ3n) is 6.56. The molecule has 1 aromatic carbocycles. The van der Waals surface area contributed by atoms with E-state index in [0.717, 1.165) is 30.5 Å². The predicted octanol–water partition coefficient (Wildman–Crippen LogP) is 0.876. The maximum absolute atomic E-state index is 11.7. The molecule has 1 N–H and O–H groups in total. The first-order valence-electron chi connectivity index (χ1n) is 9.97. The molecule has 0 radical (unpaired) electrons. The highest BCUT2D eigenvalue weighted by molar-refractivity contribution is 7.90. The van der Waals surface area contributed by atoms with E-state index in [2.05, 4.69) is 34.1 Å². The van der Waals surface area contributed by atoms with Gasteiger partial charge < -0.3 is 9.80 Å². The molecule has 4 atom stereocenters. The van der Waals surface area contributed by atoms with Crippen LogP contribution in [0.4, 0.5) is 0 Å². The van der Waals surface area contributed by atoms with E-state index in [0.29, 0.717) is 11.1 Å². The van der Waals surface area contributed by atoms with Crippen LogP contribution in [0.5, 0.6) is 0 Å². The summed E-state index contributed by atoms with van der Waals surface area (Å²) >= 11 is 0. The zero-order chi connectivity index (χ0) is 19.2. The molecule has 4 rings (SSSR count). The molecule has 3 heterocycles. The normalized spacial score (nSPS) is 33.9. The van der Waals surface area contributed by atoms with Crippen molar-refractivity contribution in [2.45, 2.75) is 23.5 Å². The van der Waals surface area contributed by atoms with E-state index in [9.17, 15) is 8.42 Å². The second-order valence-electron chi connectivity index (χ2n) is 8.82. The molecule has 3 aliphatic heterocycles. The summed E-state index contributed by atoms with van der Waals surface area (Å²) in [5.41, 5.74) is 1.16. The Morgan fingerprint density at radius 3 is 2.33 bits per heavy atom. The van der Waals surface area contributed by atoms with Gasteiger partial charge in [0.1, 0.15) is 0 Å². The van der Waals surface area contributed by atoms with Crippen LogP contribution < -0.4 is 5.32 Å². The summed E-state index contributed by atoms with van der Waals surface area (Å²) in [5, 5.41) is 3.84. The van der Waals surface area contributed by atoms with E-state index >= 15 is 0 Å². The van der Waals surface area contributed by atoms with Crippen molar-refractivity contribution in [1.29, 1.82) is 0 Å². The molecule has 0 aliphatic carbocycles. The minimum atomic E-state index is -3.14. The molecule has 4 unspecified atom stereocenters. The molecule has 27 heavy (non-hydrogen) atoms. The van der Waals surface area contributed by atoms with Crippen molar-refractivity contribution in [3.63, 3.8) is 0 Å². The van der Waals surface area contributed by atoms with Crippen molar-refractivity contribution in [2.24, 2.45) is 11.8 Å². The molecule has 0 amide bonds. The number of hydrogen-bond acceptors (Lipinski definition) is 6. The molecule has 0 saturated carbocycles. The van der Waals surface area contributed by atoms with Crippen LogP contribution in [-0.4, -0.2) is 88.9 Å². The van der Waals surface area contributed by atoms with Gasteiger partial charge in [-0.1, -0.05) is 12.1 Å². The standard InChI is InChI=1S/C20H32N4O2S/c1-22-9-8-16-11-24(12-17(16)10-22)20-14-23(2)13-19(21-20)15-4-6-18(7-5-15)27(3,25)26/h4-7,16-17,19-21H,8-14H2,1-3H3. The number of piperidine rings is 1. The largest absolute Gasteiger partial charge is 0.306 e. The van der Waals surface area contributed by atoms with Crippen LogP contribution in [0.25, 0.3) is 0 Å². The average molecular weight is 393 g/mol. The van der Waals surface area contributed by atoms with Gasteiger partial charge in [-0.3, -0.25) is 10.2 Å². The van der Waals surface area contributed by atoms with E-state index < -0.39 is 9.84 Å². The second-order valence-corrected chi connectivity index (χ2v) is 10.8. The third-order valence-corrected chi connectivity index (χ3v) is 7.68. The fourth-order valence-electron chi connectivity index (χ4n) is 5.03. The summed E-state index contributed by atoms with van der Waals surface area (Å²) in [6.07, 6.45) is 2.94. The minimum Gasteiger partial charge on any atom is -0.306 e. The fraction of sp³-hybridized carbons (Fsp3) is 0.700. The molecule has 0 spiro atoms. The Morgan fingerprint density at radius 1 is 0.926 bits per heavy atom. The topological polar surface area (TPSA) is 55.9 Å².